The lowest BCUT2D eigenvalue weighted by molar-refractivity contribution is 0.588. The van der Waals surface area contributed by atoms with Gasteiger partial charge in [-0.05, 0) is 38.1 Å². The van der Waals surface area contributed by atoms with Crippen molar-refractivity contribution in [2.24, 2.45) is 0 Å². The molecule has 0 aliphatic carbocycles. The van der Waals surface area contributed by atoms with E-state index in [2.05, 4.69) is 34.0 Å². The van der Waals surface area contributed by atoms with Crippen molar-refractivity contribution in [2.45, 2.75) is 19.3 Å². The van der Waals surface area contributed by atoms with Crippen molar-refractivity contribution in [2.75, 3.05) is 0 Å². The number of rotatable bonds is 4. The molecular weight excluding hydrogens is 316 g/mol. The lowest BCUT2D eigenvalue weighted by Gasteiger charge is -2.24. The normalized spacial score (nSPS) is 11.6. The molecule has 4 rings (SSSR count). The third-order valence-electron chi connectivity index (χ3n) is 4.06. The van der Waals surface area contributed by atoms with Gasteiger partial charge < -0.3 is 0 Å². The summed E-state index contributed by atoms with van der Waals surface area (Å²) in [6.45, 7) is 4.18. The van der Waals surface area contributed by atoms with Crippen LogP contribution in [0.4, 0.5) is 0 Å². The van der Waals surface area contributed by atoms with Gasteiger partial charge >= 0.3 is 0 Å². The largest absolute Gasteiger partial charge is 0.233 e. The third-order valence-corrected chi connectivity index (χ3v) is 4.06. The molecule has 0 radical (unpaired) electrons. The Morgan fingerprint density at radius 3 is 1.60 bits per heavy atom. The van der Waals surface area contributed by atoms with E-state index in [-0.39, 0.29) is 0 Å². The van der Waals surface area contributed by atoms with Crippen LogP contribution in [0.2, 0.25) is 0 Å². The molecule has 0 atom stereocenters. The third kappa shape index (κ3) is 2.78. The Hall–Kier alpha value is -3.42. The highest BCUT2D eigenvalue weighted by Gasteiger charge is 2.27. The van der Waals surface area contributed by atoms with Crippen molar-refractivity contribution in [3.8, 4) is 11.6 Å². The Morgan fingerprint density at radius 1 is 0.720 bits per heavy atom. The molecule has 0 fully saturated rings. The van der Waals surface area contributed by atoms with Gasteiger partial charge in [0.1, 0.15) is 25.3 Å². The molecule has 8 nitrogen and oxygen atoms in total. The van der Waals surface area contributed by atoms with Gasteiger partial charge in [-0.25, -0.2) is 29.3 Å². The van der Waals surface area contributed by atoms with E-state index < -0.39 is 5.41 Å². The molecule has 8 heteroatoms. The Bertz CT molecular complexity index is 894. The first-order chi connectivity index (χ1) is 12.1. The smallest absolute Gasteiger partial charge is 0.155 e. The van der Waals surface area contributed by atoms with Crippen molar-refractivity contribution in [3.05, 3.63) is 73.1 Å². The molecule has 4 aromatic heterocycles. The van der Waals surface area contributed by atoms with Gasteiger partial charge in [-0.2, -0.15) is 10.2 Å². The summed E-state index contributed by atoms with van der Waals surface area (Å²) in [6.07, 6.45) is 6.23. The monoisotopic (exact) mass is 332 g/mol. The van der Waals surface area contributed by atoms with Gasteiger partial charge in [-0.3, -0.25) is 0 Å². The van der Waals surface area contributed by atoms with Crippen LogP contribution < -0.4 is 0 Å². The predicted octanol–water partition coefficient (Wildman–Crippen LogP) is 1.96. The quantitative estimate of drug-likeness (QED) is 0.568. The van der Waals surface area contributed by atoms with E-state index in [1.165, 1.54) is 12.7 Å². The lowest BCUT2D eigenvalue weighted by atomic mass is 9.84. The predicted molar refractivity (Wildman–Crippen MR) is 90.4 cm³/mol. The molecule has 0 spiro atoms. The molecule has 0 bridgehead atoms. The van der Waals surface area contributed by atoms with Gasteiger partial charge in [0.05, 0.1) is 11.4 Å². The SMILES string of the molecule is CC(C)(c1cccc(-n2cncn2)n1)c1cccc(-n2cncn2)n1. The van der Waals surface area contributed by atoms with E-state index in [0.717, 1.165) is 23.0 Å². The van der Waals surface area contributed by atoms with Gasteiger partial charge in [0, 0.05) is 5.41 Å². The number of hydrogen-bond acceptors (Lipinski definition) is 6. The first-order valence-corrected chi connectivity index (χ1v) is 7.80. The minimum absolute atomic E-state index is 0.396. The molecule has 4 aromatic rings. The van der Waals surface area contributed by atoms with Crippen molar-refractivity contribution in [1.29, 1.82) is 0 Å². The van der Waals surface area contributed by atoms with Crippen molar-refractivity contribution < 1.29 is 0 Å². The summed E-state index contributed by atoms with van der Waals surface area (Å²) in [4.78, 5) is 17.4. The fraction of sp³-hybridized carbons (Fsp3) is 0.176. The topological polar surface area (TPSA) is 87.2 Å². The highest BCUT2D eigenvalue weighted by atomic mass is 15.3. The molecule has 124 valence electrons. The zero-order valence-corrected chi connectivity index (χ0v) is 13.9. The van der Waals surface area contributed by atoms with E-state index in [1.807, 2.05) is 36.4 Å². The van der Waals surface area contributed by atoms with E-state index in [9.17, 15) is 0 Å². The standard InChI is InChI=1S/C17H16N8/c1-17(2,13-5-3-7-15(22-13)24-11-18-9-20-24)14-6-4-8-16(23-14)25-12-19-10-21-25/h3-12H,1-2H3. The van der Waals surface area contributed by atoms with Crippen LogP contribution in [0.1, 0.15) is 25.2 Å². The molecule has 0 amide bonds. The molecular formula is C17H16N8. The van der Waals surface area contributed by atoms with Gasteiger partial charge in [-0.1, -0.05) is 12.1 Å². The van der Waals surface area contributed by atoms with Crippen LogP contribution >= 0.6 is 0 Å². The zero-order chi connectivity index (χ0) is 17.3. The Labute approximate surface area is 144 Å². The van der Waals surface area contributed by atoms with E-state index >= 15 is 0 Å². The summed E-state index contributed by atoms with van der Waals surface area (Å²) in [7, 11) is 0. The second-order valence-corrected chi connectivity index (χ2v) is 6.07. The summed E-state index contributed by atoms with van der Waals surface area (Å²) in [5, 5.41) is 8.28. The first kappa shape index (κ1) is 15.1. The fourth-order valence-corrected chi connectivity index (χ4v) is 2.58. The number of nitrogens with zero attached hydrogens (tertiary/aromatic N) is 8. The van der Waals surface area contributed by atoms with Crippen LogP contribution in [-0.4, -0.2) is 39.5 Å². The summed E-state index contributed by atoms with van der Waals surface area (Å²) >= 11 is 0. The Morgan fingerprint density at radius 2 is 1.20 bits per heavy atom. The van der Waals surface area contributed by atoms with Crippen LogP contribution in [0.25, 0.3) is 11.6 Å². The summed E-state index contributed by atoms with van der Waals surface area (Å²) in [5.41, 5.74) is 1.39. The Kier molecular flexibility index (Phi) is 3.57. The van der Waals surface area contributed by atoms with Crippen molar-refractivity contribution >= 4 is 0 Å². The van der Waals surface area contributed by atoms with Crippen molar-refractivity contribution in [1.82, 2.24) is 39.5 Å². The van der Waals surface area contributed by atoms with Gasteiger partial charge in [-0.15, -0.1) is 0 Å². The van der Waals surface area contributed by atoms with Crippen LogP contribution in [0.3, 0.4) is 0 Å². The minimum atomic E-state index is -0.396. The molecule has 0 saturated heterocycles. The lowest BCUT2D eigenvalue weighted by Crippen LogP contribution is -2.23. The van der Waals surface area contributed by atoms with Gasteiger partial charge in [0.25, 0.3) is 0 Å². The molecule has 0 aliphatic heterocycles. The van der Waals surface area contributed by atoms with Gasteiger partial charge in [0.15, 0.2) is 11.6 Å². The fourth-order valence-electron chi connectivity index (χ4n) is 2.58. The van der Waals surface area contributed by atoms with E-state index in [4.69, 9.17) is 9.97 Å². The minimum Gasteiger partial charge on any atom is -0.233 e. The summed E-state index contributed by atoms with van der Waals surface area (Å²) in [6, 6.07) is 11.7. The molecule has 0 saturated carbocycles. The summed E-state index contributed by atoms with van der Waals surface area (Å²) < 4.78 is 3.28. The highest BCUT2D eigenvalue weighted by molar-refractivity contribution is 5.35. The van der Waals surface area contributed by atoms with Crippen LogP contribution in [0.5, 0.6) is 0 Å². The molecule has 25 heavy (non-hydrogen) atoms. The van der Waals surface area contributed by atoms with Gasteiger partial charge in [0.2, 0.25) is 0 Å². The van der Waals surface area contributed by atoms with Crippen LogP contribution in [0.15, 0.2) is 61.7 Å². The highest BCUT2D eigenvalue weighted by Crippen LogP contribution is 2.29. The number of pyridine rings is 2. The van der Waals surface area contributed by atoms with Crippen molar-refractivity contribution in [3.63, 3.8) is 0 Å². The maximum Gasteiger partial charge on any atom is 0.155 e. The average molecular weight is 332 g/mol. The maximum atomic E-state index is 4.74. The van der Waals surface area contributed by atoms with Crippen LogP contribution in [0, 0.1) is 0 Å². The maximum absolute atomic E-state index is 4.74. The molecule has 4 heterocycles. The molecule has 0 aliphatic rings. The number of hydrogen-bond donors (Lipinski definition) is 0. The van der Waals surface area contributed by atoms with E-state index in [0.29, 0.717) is 0 Å². The molecule has 0 unspecified atom stereocenters. The first-order valence-electron chi connectivity index (χ1n) is 7.80. The van der Waals surface area contributed by atoms with E-state index in [1.54, 1.807) is 22.0 Å². The Balaban J connectivity index is 1.75. The number of aromatic nitrogens is 8. The zero-order valence-electron chi connectivity index (χ0n) is 13.9. The average Bonchev–Trinajstić information content (AvgIpc) is 3.36. The summed E-state index contributed by atoms with van der Waals surface area (Å²) in [5.74, 6) is 1.44. The second kappa shape index (κ2) is 5.90. The second-order valence-electron chi connectivity index (χ2n) is 6.07. The van der Waals surface area contributed by atoms with Crippen LogP contribution in [-0.2, 0) is 5.41 Å². The molecule has 0 aromatic carbocycles. The molecule has 0 N–H and O–H groups in total.